The van der Waals surface area contributed by atoms with E-state index in [0.717, 1.165) is 43.9 Å². The molecule has 3 N–H and O–H groups in total. The zero-order valence-corrected chi connectivity index (χ0v) is 11.8. The van der Waals surface area contributed by atoms with E-state index in [1.165, 1.54) is 12.8 Å². The molecular weight excluding hydrogens is 254 g/mol. The van der Waals surface area contributed by atoms with E-state index in [1.807, 2.05) is 0 Å². The lowest BCUT2D eigenvalue weighted by Crippen LogP contribution is -2.35. The van der Waals surface area contributed by atoms with E-state index >= 15 is 0 Å². The molecule has 3 rings (SSSR count). The summed E-state index contributed by atoms with van der Waals surface area (Å²) in [5, 5.41) is 11.4. The molecule has 20 heavy (non-hydrogen) atoms. The van der Waals surface area contributed by atoms with Crippen molar-refractivity contribution in [2.45, 2.75) is 51.6 Å². The predicted octanol–water partition coefficient (Wildman–Crippen LogP) is 0.606. The lowest BCUT2D eigenvalue weighted by atomic mass is 9.95. The van der Waals surface area contributed by atoms with Crippen LogP contribution in [0, 0.1) is 11.8 Å². The quantitative estimate of drug-likeness (QED) is 0.844. The van der Waals surface area contributed by atoms with Gasteiger partial charge in [0.15, 0.2) is 5.82 Å². The second kappa shape index (κ2) is 5.91. The molecule has 0 spiro atoms. The zero-order valence-electron chi connectivity index (χ0n) is 11.8. The summed E-state index contributed by atoms with van der Waals surface area (Å²) in [6, 6.07) is 0. The second-order valence-corrected chi connectivity index (χ2v) is 5.89. The van der Waals surface area contributed by atoms with Gasteiger partial charge in [-0.1, -0.05) is 6.42 Å². The molecule has 2 aliphatic rings. The minimum Gasteiger partial charge on any atom is -0.349 e. The van der Waals surface area contributed by atoms with Crippen LogP contribution in [0.5, 0.6) is 0 Å². The zero-order chi connectivity index (χ0) is 13.9. The third kappa shape index (κ3) is 2.57. The van der Waals surface area contributed by atoms with Crippen LogP contribution >= 0.6 is 0 Å². The summed E-state index contributed by atoms with van der Waals surface area (Å²) in [6.45, 7) is 2.07. The summed E-state index contributed by atoms with van der Waals surface area (Å²) in [4.78, 5) is 12.3. The average Bonchev–Trinajstić information content (AvgIpc) is 3.11. The smallest absolute Gasteiger partial charge is 0.223 e. The van der Waals surface area contributed by atoms with Crippen LogP contribution in [-0.4, -0.2) is 27.2 Å². The van der Waals surface area contributed by atoms with Crippen LogP contribution in [0.2, 0.25) is 0 Å². The maximum absolute atomic E-state index is 12.3. The van der Waals surface area contributed by atoms with Crippen molar-refractivity contribution in [3.8, 4) is 0 Å². The van der Waals surface area contributed by atoms with E-state index in [4.69, 9.17) is 5.73 Å². The van der Waals surface area contributed by atoms with Gasteiger partial charge in [-0.2, -0.15) is 0 Å². The minimum absolute atomic E-state index is 0.0868. The first-order valence-electron chi connectivity index (χ1n) is 7.68. The first-order valence-corrected chi connectivity index (χ1v) is 7.68. The van der Waals surface area contributed by atoms with Gasteiger partial charge in [0.1, 0.15) is 5.82 Å². The molecule has 110 valence electrons. The Morgan fingerprint density at radius 3 is 3.05 bits per heavy atom. The number of carbonyl (C=O) groups is 1. The van der Waals surface area contributed by atoms with Crippen molar-refractivity contribution in [1.29, 1.82) is 0 Å². The molecule has 1 aromatic heterocycles. The minimum atomic E-state index is 0.0868. The maximum Gasteiger partial charge on any atom is 0.223 e. The number of aromatic nitrogens is 3. The molecule has 0 aromatic carbocycles. The number of rotatable bonds is 4. The monoisotopic (exact) mass is 277 g/mol. The SMILES string of the molecule is NC[C@H]1CCC[C@H]1C(=O)NCc1nnc2n1CCCC2. The average molecular weight is 277 g/mol. The van der Waals surface area contributed by atoms with Gasteiger partial charge in [0.05, 0.1) is 6.54 Å². The van der Waals surface area contributed by atoms with Crippen molar-refractivity contribution in [1.82, 2.24) is 20.1 Å². The molecule has 6 heteroatoms. The van der Waals surface area contributed by atoms with E-state index in [2.05, 4.69) is 20.1 Å². The van der Waals surface area contributed by atoms with Crippen molar-refractivity contribution in [2.24, 2.45) is 17.6 Å². The number of amides is 1. The molecule has 1 fully saturated rings. The highest BCUT2D eigenvalue weighted by atomic mass is 16.1. The molecule has 1 aromatic rings. The predicted molar refractivity (Wildman–Crippen MR) is 74.7 cm³/mol. The van der Waals surface area contributed by atoms with Crippen LogP contribution in [0.3, 0.4) is 0 Å². The molecule has 0 saturated heterocycles. The Morgan fingerprint density at radius 1 is 1.30 bits per heavy atom. The van der Waals surface area contributed by atoms with Gasteiger partial charge in [-0.3, -0.25) is 4.79 Å². The van der Waals surface area contributed by atoms with Crippen LogP contribution in [0.1, 0.15) is 43.8 Å². The van der Waals surface area contributed by atoms with Crippen LogP contribution in [0.4, 0.5) is 0 Å². The van der Waals surface area contributed by atoms with E-state index < -0.39 is 0 Å². The Hall–Kier alpha value is -1.43. The number of nitrogens with one attached hydrogen (secondary N) is 1. The van der Waals surface area contributed by atoms with Crippen LogP contribution in [0.25, 0.3) is 0 Å². The molecule has 1 amide bonds. The fraction of sp³-hybridized carbons (Fsp3) is 0.786. The van der Waals surface area contributed by atoms with Gasteiger partial charge in [0.25, 0.3) is 0 Å². The van der Waals surface area contributed by atoms with Gasteiger partial charge in [-0.15, -0.1) is 10.2 Å². The molecule has 0 unspecified atom stereocenters. The van der Waals surface area contributed by atoms with E-state index in [-0.39, 0.29) is 11.8 Å². The first-order chi connectivity index (χ1) is 9.79. The molecule has 6 nitrogen and oxygen atoms in total. The van der Waals surface area contributed by atoms with Crippen LogP contribution in [0.15, 0.2) is 0 Å². The third-order valence-corrected chi connectivity index (χ3v) is 4.66. The summed E-state index contributed by atoms with van der Waals surface area (Å²) in [5.74, 6) is 2.51. The van der Waals surface area contributed by atoms with Crippen LogP contribution < -0.4 is 11.1 Å². The molecule has 2 atom stereocenters. The first kappa shape index (κ1) is 13.5. The molecular formula is C14H23N5O. The van der Waals surface area contributed by atoms with Gasteiger partial charge >= 0.3 is 0 Å². The summed E-state index contributed by atoms with van der Waals surface area (Å²) in [5.41, 5.74) is 5.74. The third-order valence-electron chi connectivity index (χ3n) is 4.66. The highest BCUT2D eigenvalue weighted by molar-refractivity contribution is 5.79. The normalized spacial score (nSPS) is 25.4. The van der Waals surface area contributed by atoms with Crippen molar-refractivity contribution >= 4 is 5.91 Å². The van der Waals surface area contributed by atoms with E-state index in [0.29, 0.717) is 19.0 Å². The summed E-state index contributed by atoms with van der Waals surface area (Å²) < 4.78 is 2.15. The highest BCUT2D eigenvalue weighted by Gasteiger charge is 2.31. The Bertz CT molecular complexity index is 484. The Morgan fingerprint density at radius 2 is 2.20 bits per heavy atom. The lowest BCUT2D eigenvalue weighted by molar-refractivity contribution is -0.126. The number of hydrogen-bond acceptors (Lipinski definition) is 4. The number of aryl methyl sites for hydroxylation is 1. The molecule has 1 saturated carbocycles. The van der Waals surface area contributed by atoms with E-state index in [1.54, 1.807) is 0 Å². The molecule has 0 bridgehead atoms. The van der Waals surface area contributed by atoms with Crippen LogP contribution in [-0.2, 0) is 24.3 Å². The largest absolute Gasteiger partial charge is 0.349 e. The Labute approximate surface area is 119 Å². The number of nitrogens with two attached hydrogens (primary N) is 1. The van der Waals surface area contributed by atoms with Crippen molar-refractivity contribution < 1.29 is 4.79 Å². The summed E-state index contributed by atoms with van der Waals surface area (Å²) >= 11 is 0. The van der Waals surface area contributed by atoms with E-state index in [9.17, 15) is 4.79 Å². The van der Waals surface area contributed by atoms with Crippen molar-refractivity contribution in [3.05, 3.63) is 11.6 Å². The molecule has 2 heterocycles. The summed E-state index contributed by atoms with van der Waals surface area (Å²) in [7, 11) is 0. The number of nitrogens with zero attached hydrogens (tertiary/aromatic N) is 3. The molecule has 1 aliphatic carbocycles. The van der Waals surface area contributed by atoms with Gasteiger partial charge in [0.2, 0.25) is 5.91 Å². The second-order valence-electron chi connectivity index (χ2n) is 5.89. The molecule has 1 aliphatic heterocycles. The van der Waals surface area contributed by atoms with Gasteiger partial charge in [0, 0.05) is 18.9 Å². The Balaban J connectivity index is 1.59. The Kier molecular flexibility index (Phi) is 4.00. The molecule has 0 radical (unpaired) electrons. The standard InChI is InChI=1S/C14H23N5O/c15-8-10-4-3-5-11(10)14(20)16-9-13-18-17-12-6-1-2-7-19(12)13/h10-11H,1-9,15H2,(H,16,20)/t10-,11-/m1/s1. The topological polar surface area (TPSA) is 85.8 Å². The van der Waals surface area contributed by atoms with Gasteiger partial charge in [-0.25, -0.2) is 0 Å². The van der Waals surface area contributed by atoms with Crippen molar-refractivity contribution in [2.75, 3.05) is 6.54 Å². The van der Waals surface area contributed by atoms with Crippen molar-refractivity contribution in [3.63, 3.8) is 0 Å². The number of hydrogen-bond donors (Lipinski definition) is 2. The van der Waals surface area contributed by atoms with Gasteiger partial charge < -0.3 is 15.6 Å². The fourth-order valence-electron chi connectivity index (χ4n) is 3.46. The van der Waals surface area contributed by atoms with Gasteiger partial charge in [-0.05, 0) is 38.1 Å². The number of fused-ring (bicyclic) bond motifs is 1. The lowest BCUT2D eigenvalue weighted by Gasteiger charge is -2.18. The fourth-order valence-corrected chi connectivity index (χ4v) is 3.46. The summed E-state index contributed by atoms with van der Waals surface area (Å²) in [6.07, 6.45) is 6.51. The highest BCUT2D eigenvalue weighted by Crippen LogP contribution is 2.31. The number of carbonyl (C=O) groups excluding carboxylic acids is 1. The maximum atomic E-state index is 12.3.